The zero-order valence-corrected chi connectivity index (χ0v) is 12.1. The maximum Gasteiger partial charge on any atom is 0.312 e. The van der Waals surface area contributed by atoms with Gasteiger partial charge in [0.05, 0.1) is 12.5 Å². The van der Waals surface area contributed by atoms with Crippen LogP contribution in [0, 0.1) is 11.6 Å². The minimum atomic E-state index is -1.06. The lowest BCUT2D eigenvalue weighted by molar-refractivity contribution is -0.116. The smallest absolute Gasteiger partial charge is 0.312 e. The minimum Gasteiger partial charge on any atom is -0.352 e. The summed E-state index contributed by atoms with van der Waals surface area (Å²) in [6.45, 7) is 0. The van der Waals surface area contributed by atoms with Crippen LogP contribution in [0.1, 0.15) is 18.0 Å². The number of nitrogens with two attached hydrogens (primary N) is 1. The van der Waals surface area contributed by atoms with E-state index in [9.17, 15) is 18.4 Å². The molecule has 0 aromatic heterocycles. The van der Waals surface area contributed by atoms with Crippen LogP contribution in [-0.4, -0.2) is 11.9 Å². The van der Waals surface area contributed by atoms with E-state index < -0.39 is 29.6 Å². The Morgan fingerprint density at radius 2 is 1.74 bits per heavy atom. The minimum absolute atomic E-state index is 0.105. The number of anilines is 1. The van der Waals surface area contributed by atoms with Crippen LogP contribution in [0.25, 0.3) is 0 Å². The third kappa shape index (κ3) is 4.77. The second-order valence-corrected chi connectivity index (χ2v) is 4.85. The number of nitrogens with one attached hydrogen (secondary N) is 2. The average molecular weight is 319 g/mol. The van der Waals surface area contributed by atoms with Crippen LogP contribution in [0.15, 0.2) is 48.5 Å². The van der Waals surface area contributed by atoms with E-state index in [1.54, 1.807) is 30.3 Å². The zero-order valence-electron chi connectivity index (χ0n) is 12.1. The largest absolute Gasteiger partial charge is 0.352 e. The first-order valence-corrected chi connectivity index (χ1v) is 6.81. The Labute approximate surface area is 131 Å². The summed E-state index contributed by atoms with van der Waals surface area (Å²) in [5.41, 5.74) is 5.95. The van der Waals surface area contributed by atoms with Gasteiger partial charge in [0.25, 0.3) is 0 Å². The van der Waals surface area contributed by atoms with E-state index in [-0.39, 0.29) is 12.1 Å². The molecule has 3 amide bonds. The van der Waals surface area contributed by atoms with E-state index >= 15 is 0 Å². The molecule has 0 aliphatic carbocycles. The molecule has 4 N–H and O–H groups in total. The summed E-state index contributed by atoms with van der Waals surface area (Å²) in [6.07, 6.45) is -0.105. The van der Waals surface area contributed by atoms with Crippen molar-refractivity contribution in [2.75, 3.05) is 5.32 Å². The van der Waals surface area contributed by atoms with Crippen LogP contribution < -0.4 is 16.4 Å². The van der Waals surface area contributed by atoms with Gasteiger partial charge < -0.3 is 16.4 Å². The fourth-order valence-corrected chi connectivity index (χ4v) is 2.08. The van der Waals surface area contributed by atoms with Gasteiger partial charge in [-0.25, -0.2) is 13.6 Å². The molecule has 0 heterocycles. The molecule has 0 aliphatic rings. The van der Waals surface area contributed by atoms with Crippen molar-refractivity contribution >= 4 is 17.6 Å². The van der Waals surface area contributed by atoms with Crippen LogP contribution >= 0.6 is 0 Å². The zero-order chi connectivity index (χ0) is 16.8. The first-order valence-electron chi connectivity index (χ1n) is 6.81. The number of hydrogen-bond donors (Lipinski definition) is 3. The van der Waals surface area contributed by atoms with Crippen LogP contribution in [-0.2, 0) is 4.79 Å². The number of hydrogen-bond acceptors (Lipinski definition) is 2. The van der Waals surface area contributed by atoms with Crippen LogP contribution in [0.3, 0.4) is 0 Å². The van der Waals surface area contributed by atoms with Crippen molar-refractivity contribution in [1.29, 1.82) is 0 Å². The summed E-state index contributed by atoms with van der Waals surface area (Å²) < 4.78 is 26.0. The molecule has 5 nitrogen and oxygen atoms in total. The topological polar surface area (TPSA) is 84.2 Å². The number of amides is 3. The molecule has 0 aliphatic heterocycles. The molecule has 0 radical (unpaired) electrons. The number of benzene rings is 2. The Hall–Kier alpha value is -2.96. The number of rotatable bonds is 5. The summed E-state index contributed by atoms with van der Waals surface area (Å²) in [7, 11) is 0. The van der Waals surface area contributed by atoms with Crippen molar-refractivity contribution in [3.63, 3.8) is 0 Å². The average Bonchev–Trinajstić information content (AvgIpc) is 2.51. The molecule has 23 heavy (non-hydrogen) atoms. The van der Waals surface area contributed by atoms with Gasteiger partial charge in [0.2, 0.25) is 5.91 Å². The van der Waals surface area contributed by atoms with Gasteiger partial charge in [-0.2, -0.15) is 0 Å². The van der Waals surface area contributed by atoms with Crippen molar-refractivity contribution in [1.82, 2.24) is 5.32 Å². The molecule has 0 saturated carbocycles. The molecule has 0 bridgehead atoms. The van der Waals surface area contributed by atoms with Gasteiger partial charge in [-0.3, -0.25) is 4.79 Å². The van der Waals surface area contributed by atoms with Crippen molar-refractivity contribution in [3.8, 4) is 0 Å². The summed E-state index contributed by atoms with van der Waals surface area (Å²) in [5.74, 6) is -2.53. The third-order valence-electron chi connectivity index (χ3n) is 3.11. The van der Waals surface area contributed by atoms with Gasteiger partial charge in [-0.1, -0.05) is 30.3 Å². The molecule has 2 aromatic rings. The van der Waals surface area contributed by atoms with Crippen molar-refractivity contribution in [2.45, 2.75) is 12.5 Å². The highest BCUT2D eigenvalue weighted by atomic mass is 19.2. The van der Waals surface area contributed by atoms with Gasteiger partial charge >= 0.3 is 6.03 Å². The second kappa shape index (κ2) is 7.35. The van der Waals surface area contributed by atoms with Crippen molar-refractivity contribution in [2.24, 2.45) is 5.73 Å². The Morgan fingerprint density at radius 3 is 2.35 bits per heavy atom. The summed E-state index contributed by atoms with van der Waals surface area (Å²) >= 11 is 0. The highest BCUT2D eigenvalue weighted by Gasteiger charge is 2.17. The van der Waals surface area contributed by atoms with E-state index in [0.29, 0.717) is 5.56 Å². The molecular weight excluding hydrogens is 304 g/mol. The number of primary amides is 1. The quantitative estimate of drug-likeness (QED) is 0.791. The fourth-order valence-electron chi connectivity index (χ4n) is 2.08. The highest BCUT2D eigenvalue weighted by molar-refractivity contribution is 5.91. The molecule has 2 aromatic carbocycles. The first-order chi connectivity index (χ1) is 11.0. The SMILES string of the molecule is NC(=O)N[C@@H](CC(=O)Nc1ccc(F)c(F)c1)c1ccccc1. The molecule has 0 saturated heterocycles. The summed E-state index contributed by atoms with van der Waals surface area (Å²) in [5, 5.41) is 4.92. The van der Waals surface area contributed by atoms with Gasteiger partial charge in [-0.05, 0) is 17.7 Å². The van der Waals surface area contributed by atoms with Crippen LogP contribution in [0.2, 0.25) is 0 Å². The van der Waals surface area contributed by atoms with Gasteiger partial charge in [-0.15, -0.1) is 0 Å². The Morgan fingerprint density at radius 1 is 1.04 bits per heavy atom. The predicted molar refractivity (Wildman–Crippen MR) is 81.5 cm³/mol. The van der Waals surface area contributed by atoms with E-state index in [2.05, 4.69) is 10.6 Å². The van der Waals surface area contributed by atoms with E-state index in [0.717, 1.165) is 12.1 Å². The van der Waals surface area contributed by atoms with Crippen LogP contribution in [0.4, 0.5) is 19.3 Å². The fraction of sp³-hybridized carbons (Fsp3) is 0.125. The maximum absolute atomic E-state index is 13.1. The number of halogens is 2. The molecule has 1 atom stereocenters. The van der Waals surface area contributed by atoms with Gasteiger partial charge in [0.15, 0.2) is 11.6 Å². The van der Waals surface area contributed by atoms with Crippen molar-refractivity contribution < 1.29 is 18.4 Å². The first kappa shape index (κ1) is 16.4. The standard InChI is InChI=1S/C16H15F2N3O2/c17-12-7-6-11(8-13(12)18)20-15(22)9-14(21-16(19)23)10-4-2-1-3-5-10/h1-8,14H,9H2,(H,20,22)(H3,19,21,23)/t14-/m0/s1. The molecular formula is C16H15F2N3O2. The van der Waals surface area contributed by atoms with E-state index in [1.807, 2.05) is 0 Å². The molecule has 0 unspecified atom stereocenters. The third-order valence-corrected chi connectivity index (χ3v) is 3.11. The summed E-state index contributed by atoms with van der Waals surface area (Å²) in [4.78, 5) is 23.1. The lowest BCUT2D eigenvalue weighted by atomic mass is 10.0. The lowest BCUT2D eigenvalue weighted by Crippen LogP contribution is -2.35. The molecule has 0 spiro atoms. The number of urea groups is 1. The van der Waals surface area contributed by atoms with E-state index in [1.165, 1.54) is 6.07 Å². The van der Waals surface area contributed by atoms with Crippen molar-refractivity contribution in [3.05, 3.63) is 65.7 Å². The Balaban J connectivity index is 2.08. The Kier molecular flexibility index (Phi) is 5.24. The molecule has 7 heteroatoms. The van der Waals surface area contributed by atoms with Gasteiger partial charge in [0, 0.05) is 11.8 Å². The maximum atomic E-state index is 13.1. The lowest BCUT2D eigenvalue weighted by Gasteiger charge is -2.17. The number of carbonyl (C=O) groups excluding carboxylic acids is 2. The monoisotopic (exact) mass is 319 g/mol. The molecule has 120 valence electrons. The number of carbonyl (C=O) groups is 2. The highest BCUT2D eigenvalue weighted by Crippen LogP contribution is 2.18. The molecule has 2 rings (SSSR count). The normalized spacial score (nSPS) is 11.6. The molecule has 0 fully saturated rings. The summed E-state index contributed by atoms with van der Waals surface area (Å²) in [6, 6.07) is 10.5. The predicted octanol–water partition coefficient (Wildman–Crippen LogP) is 2.70. The second-order valence-electron chi connectivity index (χ2n) is 4.85. The van der Waals surface area contributed by atoms with Gasteiger partial charge in [0.1, 0.15) is 0 Å². The van der Waals surface area contributed by atoms with Crippen LogP contribution in [0.5, 0.6) is 0 Å². The Bertz CT molecular complexity index is 708. The van der Waals surface area contributed by atoms with E-state index in [4.69, 9.17) is 5.73 Å².